The number of allylic oxidation sites excluding steroid dienone is 2. The summed E-state index contributed by atoms with van der Waals surface area (Å²) in [6.07, 6.45) is 33.4. The second kappa shape index (κ2) is 34.6. The first-order valence-corrected chi connectivity index (χ1v) is 20.7. The molecule has 0 aromatic heterocycles. The van der Waals surface area contributed by atoms with Gasteiger partial charge in [0, 0.05) is 19.4 Å². The summed E-state index contributed by atoms with van der Waals surface area (Å²) >= 11 is 0. The van der Waals surface area contributed by atoms with Crippen LogP contribution in [-0.2, 0) is 32.7 Å². The van der Waals surface area contributed by atoms with Crippen LogP contribution in [0.15, 0.2) is 12.2 Å². The minimum atomic E-state index is -4.35. The summed E-state index contributed by atoms with van der Waals surface area (Å²) in [5.74, 6) is -0.853. The lowest BCUT2D eigenvalue weighted by Crippen LogP contribution is -2.29. The van der Waals surface area contributed by atoms with Crippen LogP contribution in [0.4, 0.5) is 0 Å². The van der Waals surface area contributed by atoms with Crippen molar-refractivity contribution < 1.29 is 37.6 Å². The van der Waals surface area contributed by atoms with E-state index in [1.54, 1.807) is 0 Å². The van der Waals surface area contributed by atoms with Crippen molar-refractivity contribution in [1.29, 1.82) is 0 Å². The van der Waals surface area contributed by atoms with Crippen molar-refractivity contribution in [2.24, 2.45) is 5.73 Å². The van der Waals surface area contributed by atoms with E-state index in [2.05, 4.69) is 19.1 Å². The summed E-state index contributed by atoms with van der Waals surface area (Å²) in [5, 5.41) is 0. The fraction of sp³-hybridized carbons (Fsp3) is 0.892. The molecule has 10 heteroatoms. The zero-order chi connectivity index (χ0) is 34.7. The highest BCUT2D eigenvalue weighted by molar-refractivity contribution is 7.47. The van der Waals surface area contributed by atoms with Crippen LogP contribution in [0.2, 0.25) is 0 Å². The number of esters is 2. The van der Waals surface area contributed by atoms with Gasteiger partial charge in [-0.15, -0.1) is 0 Å². The average Bonchev–Trinajstić information content (AvgIpc) is 3.05. The van der Waals surface area contributed by atoms with E-state index in [9.17, 15) is 19.0 Å². The number of unbranched alkanes of at least 4 members (excludes halogenated alkanes) is 21. The molecular weight excluding hydrogens is 617 g/mol. The number of phosphoric acid groups is 1. The number of phosphoric ester groups is 1. The molecule has 0 spiro atoms. The minimum Gasteiger partial charge on any atom is -0.462 e. The SMILES string of the molecule is CCCCCCCCCC/C=C\CCCCCCCCCCCCCC(=O)OC(COC(=O)CCCCC)COP(=O)(O)OCCN. The van der Waals surface area contributed by atoms with Crippen molar-refractivity contribution in [1.82, 2.24) is 0 Å². The van der Waals surface area contributed by atoms with Crippen LogP contribution in [0.3, 0.4) is 0 Å². The summed E-state index contributed by atoms with van der Waals surface area (Å²) in [6.45, 7) is 3.54. The van der Waals surface area contributed by atoms with Crippen molar-refractivity contribution in [2.45, 2.75) is 187 Å². The maximum absolute atomic E-state index is 12.4. The van der Waals surface area contributed by atoms with Crippen LogP contribution in [0.25, 0.3) is 0 Å². The zero-order valence-electron chi connectivity index (χ0n) is 30.3. The van der Waals surface area contributed by atoms with E-state index in [0.29, 0.717) is 12.8 Å². The highest BCUT2D eigenvalue weighted by Gasteiger charge is 2.25. The summed E-state index contributed by atoms with van der Waals surface area (Å²) < 4.78 is 32.3. The monoisotopic (exact) mass is 689 g/mol. The Morgan fingerprint density at radius 1 is 0.617 bits per heavy atom. The van der Waals surface area contributed by atoms with Crippen molar-refractivity contribution in [2.75, 3.05) is 26.4 Å². The molecule has 0 aliphatic rings. The predicted octanol–water partition coefficient (Wildman–Crippen LogP) is 10.3. The molecule has 2 atom stereocenters. The van der Waals surface area contributed by atoms with Crippen LogP contribution < -0.4 is 5.73 Å². The smallest absolute Gasteiger partial charge is 0.462 e. The number of carbonyl (C=O) groups is 2. The van der Waals surface area contributed by atoms with Gasteiger partial charge in [0.15, 0.2) is 6.10 Å². The summed E-state index contributed by atoms with van der Waals surface area (Å²) in [7, 11) is -4.35. The number of carbonyl (C=O) groups excluding carboxylic acids is 2. The van der Waals surface area contributed by atoms with E-state index in [-0.39, 0.29) is 32.6 Å². The van der Waals surface area contributed by atoms with Crippen molar-refractivity contribution in [3.8, 4) is 0 Å². The molecule has 0 aromatic rings. The molecule has 2 unspecified atom stereocenters. The molecule has 0 heterocycles. The van der Waals surface area contributed by atoms with Gasteiger partial charge in [-0.3, -0.25) is 18.6 Å². The Hall–Kier alpha value is -1.25. The summed E-state index contributed by atoms with van der Waals surface area (Å²) in [5.41, 5.74) is 5.30. The molecule has 3 N–H and O–H groups in total. The molecule has 278 valence electrons. The van der Waals surface area contributed by atoms with Gasteiger partial charge in [-0.05, 0) is 38.5 Å². The molecule has 47 heavy (non-hydrogen) atoms. The van der Waals surface area contributed by atoms with E-state index in [4.69, 9.17) is 24.3 Å². The Balaban J connectivity index is 3.86. The number of hydrogen-bond donors (Lipinski definition) is 2. The Labute approximate surface area is 288 Å². The Morgan fingerprint density at radius 2 is 1.04 bits per heavy atom. The van der Waals surface area contributed by atoms with Gasteiger partial charge in [0.25, 0.3) is 0 Å². The third-order valence-electron chi connectivity index (χ3n) is 8.15. The second-order valence-corrected chi connectivity index (χ2v) is 14.3. The highest BCUT2D eigenvalue weighted by Crippen LogP contribution is 2.43. The topological polar surface area (TPSA) is 134 Å². The summed E-state index contributed by atoms with van der Waals surface area (Å²) in [6, 6.07) is 0. The molecule has 0 amide bonds. The van der Waals surface area contributed by atoms with Crippen molar-refractivity contribution in [3.63, 3.8) is 0 Å². The quantitative estimate of drug-likeness (QED) is 0.0285. The molecular formula is C37H72NO8P. The fourth-order valence-corrected chi connectivity index (χ4v) is 6.04. The normalized spacial score (nSPS) is 13.5. The second-order valence-electron chi connectivity index (χ2n) is 12.8. The van der Waals surface area contributed by atoms with E-state index >= 15 is 0 Å². The molecule has 0 radical (unpaired) electrons. The standard InChI is InChI=1S/C37H72NO8P/c1-3-5-7-8-9-10-11-12-13-14-15-16-17-18-19-20-21-22-23-24-25-26-28-30-37(40)46-35(33-43-36(39)29-27-6-4-2)34-45-47(41,42)44-32-31-38/h14-15,35H,3-13,16-34,38H2,1-2H3,(H,41,42)/b15-14-. The fourth-order valence-electron chi connectivity index (χ4n) is 5.28. The van der Waals surface area contributed by atoms with Gasteiger partial charge in [0.1, 0.15) is 6.61 Å². The Morgan fingerprint density at radius 3 is 1.55 bits per heavy atom. The first-order chi connectivity index (χ1) is 22.8. The molecule has 0 fully saturated rings. The Kier molecular flexibility index (Phi) is 33.7. The van der Waals surface area contributed by atoms with Crippen molar-refractivity contribution in [3.05, 3.63) is 12.2 Å². The Bertz CT molecular complexity index is 794. The van der Waals surface area contributed by atoms with E-state index in [1.807, 2.05) is 6.92 Å². The van der Waals surface area contributed by atoms with Gasteiger partial charge >= 0.3 is 19.8 Å². The predicted molar refractivity (Wildman–Crippen MR) is 192 cm³/mol. The van der Waals surface area contributed by atoms with Gasteiger partial charge in [0.2, 0.25) is 0 Å². The maximum Gasteiger partial charge on any atom is 0.472 e. The van der Waals surface area contributed by atoms with Gasteiger partial charge in [0.05, 0.1) is 13.2 Å². The van der Waals surface area contributed by atoms with Crippen LogP contribution in [-0.4, -0.2) is 49.3 Å². The number of rotatable bonds is 36. The van der Waals surface area contributed by atoms with Gasteiger partial charge < -0.3 is 20.1 Å². The van der Waals surface area contributed by atoms with Gasteiger partial charge in [-0.1, -0.05) is 142 Å². The molecule has 9 nitrogen and oxygen atoms in total. The minimum absolute atomic E-state index is 0.0550. The molecule has 0 bridgehead atoms. The molecule has 0 aliphatic heterocycles. The highest BCUT2D eigenvalue weighted by atomic mass is 31.2. The van der Waals surface area contributed by atoms with E-state index in [1.165, 1.54) is 109 Å². The number of ether oxygens (including phenoxy) is 2. The molecule has 0 saturated carbocycles. The molecule has 0 aliphatic carbocycles. The van der Waals surface area contributed by atoms with Gasteiger partial charge in [-0.2, -0.15) is 0 Å². The van der Waals surface area contributed by atoms with Crippen molar-refractivity contribution >= 4 is 19.8 Å². The van der Waals surface area contributed by atoms with E-state index in [0.717, 1.165) is 32.1 Å². The lowest BCUT2D eigenvalue weighted by atomic mass is 10.0. The number of nitrogens with two attached hydrogens (primary N) is 1. The zero-order valence-corrected chi connectivity index (χ0v) is 31.2. The van der Waals surface area contributed by atoms with Crippen LogP contribution >= 0.6 is 7.82 Å². The van der Waals surface area contributed by atoms with Crippen LogP contribution in [0, 0.1) is 0 Å². The lowest BCUT2D eigenvalue weighted by Gasteiger charge is -2.19. The third kappa shape index (κ3) is 34.4. The van der Waals surface area contributed by atoms with E-state index < -0.39 is 32.5 Å². The summed E-state index contributed by atoms with van der Waals surface area (Å²) in [4.78, 5) is 34.2. The molecule has 0 saturated heterocycles. The number of hydrogen-bond acceptors (Lipinski definition) is 8. The molecule has 0 rings (SSSR count). The maximum atomic E-state index is 12.4. The third-order valence-corrected chi connectivity index (χ3v) is 9.14. The first kappa shape index (κ1) is 45.8. The van der Waals surface area contributed by atoms with Crippen LogP contribution in [0.1, 0.15) is 181 Å². The first-order valence-electron chi connectivity index (χ1n) is 19.2. The van der Waals surface area contributed by atoms with Crippen LogP contribution in [0.5, 0.6) is 0 Å². The average molecular weight is 690 g/mol. The molecule has 0 aromatic carbocycles. The lowest BCUT2D eigenvalue weighted by molar-refractivity contribution is -0.161. The largest absolute Gasteiger partial charge is 0.472 e. The van der Waals surface area contributed by atoms with Gasteiger partial charge in [-0.25, -0.2) is 4.57 Å².